The van der Waals surface area contributed by atoms with Gasteiger partial charge in [0.15, 0.2) is 0 Å². The molecule has 1 heterocycles. The van der Waals surface area contributed by atoms with Gasteiger partial charge in [0.05, 0.1) is 0 Å². The van der Waals surface area contributed by atoms with Crippen LogP contribution in [-0.2, 0) is 6.42 Å². The number of benzene rings is 1. The summed E-state index contributed by atoms with van der Waals surface area (Å²) < 4.78 is 12.9. The van der Waals surface area contributed by atoms with Gasteiger partial charge in [0, 0.05) is 24.2 Å². The van der Waals surface area contributed by atoms with Crippen molar-refractivity contribution in [3.05, 3.63) is 52.7 Å². The number of hydrogen-bond acceptors (Lipinski definition) is 3. The van der Waals surface area contributed by atoms with Crippen molar-refractivity contribution in [1.29, 1.82) is 0 Å². The van der Waals surface area contributed by atoms with E-state index in [0.29, 0.717) is 17.3 Å². The molecule has 0 saturated carbocycles. The third-order valence-corrected chi connectivity index (χ3v) is 2.78. The average Bonchev–Trinajstić information content (AvgIpc) is 2.34. The summed E-state index contributed by atoms with van der Waals surface area (Å²) in [6.45, 7) is 2.80. The van der Waals surface area contributed by atoms with E-state index in [-0.39, 0.29) is 5.82 Å². The predicted octanol–water partition coefficient (Wildman–Crippen LogP) is 3.29. The minimum absolute atomic E-state index is 0.342. The first-order valence-corrected chi connectivity index (χ1v) is 6.06. The van der Waals surface area contributed by atoms with Crippen molar-refractivity contribution in [3.8, 4) is 0 Å². The first-order chi connectivity index (χ1) is 8.69. The van der Waals surface area contributed by atoms with Crippen LogP contribution in [0, 0.1) is 5.82 Å². The van der Waals surface area contributed by atoms with Crippen LogP contribution in [0.5, 0.6) is 0 Å². The smallest absolute Gasteiger partial charge is 0.135 e. The van der Waals surface area contributed by atoms with Crippen molar-refractivity contribution in [1.82, 2.24) is 9.97 Å². The summed E-state index contributed by atoms with van der Waals surface area (Å²) in [7, 11) is 0. The molecule has 0 bridgehead atoms. The summed E-state index contributed by atoms with van der Waals surface area (Å²) in [6, 6.07) is 6.14. The molecule has 1 aromatic carbocycles. The van der Waals surface area contributed by atoms with Gasteiger partial charge in [0.1, 0.15) is 17.5 Å². The normalized spacial score (nSPS) is 10.4. The largest absolute Gasteiger partial charge is 0.370 e. The maximum atomic E-state index is 12.9. The van der Waals surface area contributed by atoms with Crippen molar-refractivity contribution < 1.29 is 4.39 Å². The standard InChI is InChI=1S/C13H13ClFN3/c1-2-16-12-5-6-17-13(18-12)7-9-3-4-10(15)8-11(9)14/h3-6,8H,2,7H2,1H3,(H,16,17,18). The van der Waals surface area contributed by atoms with Crippen molar-refractivity contribution >= 4 is 17.4 Å². The second-order valence-corrected chi connectivity index (χ2v) is 4.21. The van der Waals surface area contributed by atoms with Gasteiger partial charge in [0.2, 0.25) is 0 Å². The predicted molar refractivity (Wildman–Crippen MR) is 70.4 cm³/mol. The van der Waals surface area contributed by atoms with Crippen LogP contribution in [0.2, 0.25) is 5.02 Å². The van der Waals surface area contributed by atoms with E-state index in [0.717, 1.165) is 17.9 Å². The molecule has 1 N–H and O–H groups in total. The Labute approximate surface area is 110 Å². The van der Waals surface area contributed by atoms with Crippen LogP contribution in [0.3, 0.4) is 0 Å². The van der Waals surface area contributed by atoms with Crippen molar-refractivity contribution in [2.75, 3.05) is 11.9 Å². The molecule has 94 valence electrons. The van der Waals surface area contributed by atoms with Gasteiger partial charge in [-0.25, -0.2) is 14.4 Å². The van der Waals surface area contributed by atoms with Gasteiger partial charge in [-0.05, 0) is 30.7 Å². The fourth-order valence-corrected chi connectivity index (χ4v) is 1.83. The Morgan fingerprint density at radius 3 is 2.89 bits per heavy atom. The molecule has 1 aromatic heterocycles. The Bertz CT molecular complexity index is 546. The van der Waals surface area contributed by atoms with E-state index in [1.165, 1.54) is 12.1 Å². The highest BCUT2D eigenvalue weighted by atomic mass is 35.5. The fourth-order valence-electron chi connectivity index (χ4n) is 1.60. The average molecular weight is 266 g/mol. The lowest BCUT2D eigenvalue weighted by atomic mass is 10.1. The van der Waals surface area contributed by atoms with E-state index in [4.69, 9.17) is 11.6 Å². The Kier molecular flexibility index (Phi) is 4.10. The van der Waals surface area contributed by atoms with E-state index in [9.17, 15) is 4.39 Å². The summed E-state index contributed by atoms with van der Waals surface area (Å²) in [5.74, 6) is 1.09. The van der Waals surface area contributed by atoms with E-state index < -0.39 is 0 Å². The molecule has 0 saturated heterocycles. The zero-order chi connectivity index (χ0) is 13.0. The summed E-state index contributed by atoms with van der Waals surface area (Å²) in [5.41, 5.74) is 0.812. The minimum atomic E-state index is -0.342. The van der Waals surface area contributed by atoms with E-state index in [1.54, 1.807) is 18.3 Å². The van der Waals surface area contributed by atoms with Crippen LogP contribution in [0.25, 0.3) is 0 Å². The highest BCUT2D eigenvalue weighted by Crippen LogP contribution is 2.19. The molecule has 0 aliphatic rings. The van der Waals surface area contributed by atoms with Gasteiger partial charge in [-0.2, -0.15) is 0 Å². The zero-order valence-corrected chi connectivity index (χ0v) is 10.7. The highest BCUT2D eigenvalue weighted by molar-refractivity contribution is 6.31. The third-order valence-electron chi connectivity index (χ3n) is 2.43. The Balaban J connectivity index is 2.20. The van der Waals surface area contributed by atoms with Crippen LogP contribution in [0.4, 0.5) is 10.2 Å². The molecular weight excluding hydrogens is 253 g/mol. The van der Waals surface area contributed by atoms with Gasteiger partial charge in [0.25, 0.3) is 0 Å². The van der Waals surface area contributed by atoms with E-state index >= 15 is 0 Å². The van der Waals surface area contributed by atoms with Gasteiger partial charge < -0.3 is 5.32 Å². The molecule has 3 nitrogen and oxygen atoms in total. The number of rotatable bonds is 4. The third kappa shape index (κ3) is 3.17. The molecule has 5 heteroatoms. The molecule has 0 spiro atoms. The van der Waals surface area contributed by atoms with Gasteiger partial charge in [-0.1, -0.05) is 17.7 Å². The Morgan fingerprint density at radius 2 is 2.17 bits per heavy atom. The molecule has 2 aromatic rings. The molecule has 0 unspecified atom stereocenters. The molecule has 0 fully saturated rings. The van der Waals surface area contributed by atoms with E-state index in [1.807, 2.05) is 6.92 Å². The number of nitrogens with one attached hydrogen (secondary N) is 1. The molecule has 0 amide bonds. The highest BCUT2D eigenvalue weighted by Gasteiger charge is 2.06. The maximum Gasteiger partial charge on any atom is 0.135 e. The molecule has 0 aliphatic carbocycles. The van der Waals surface area contributed by atoms with Crippen molar-refractivity contribution in [2.45, 2.75) is 13.3 Å². The van der Waals surface area contributed by atoms with Gasteiger partial charge >= 0.3 is 0 Å². The lowest BCUT2D eigenvalue weighted by molar-refractivity contribution is 0.627. The van der Waals surface area contributed by atoms with Crippen LogP contribution in [0.15, 0.2) is 30.5 Å². The molecular formula is C13H13ClFN3. The SMILES string of the molecule is CCNc1ccnc(Cc2ccc(F)cc2Cl)n1. The lowest BCUT2D eigenvalue weighted by Crippen LogP contribution is -2.03. The summed E-state index contributed by atoms with van der Waals surface area (Å²) in [5, 5.41) is 3.51. The summed E-state index contributed by atoms with van der Waals surface area (Å²) >= 11 is 5.97. The first-order valence-electron chi connectivity index (χ1n) is 5.68. The molecule has 0 radical (unpaired) electrons. The van der Waals surface area contributed by atoms with Crippen LogP contribution in [-0.4, -0.2) is 16.5 Å². The van der Waals surface area contributed by atoms with E-state index in [2.05, 4.69) is 15.3 Å². The number of aromatic nitrogens is 2. The second-order valence-electron chi connectivity index (χ2n) is 3.80. The van der Waals surface area contributed by atoms with Gasteiger partial charge in [-0.15, -0.1) is 0 Å². The van der Waals surface area contributed by atoms with Crippen LogP contribution < -0.4 is 5.32 Å². The quantitative estimate of drug-likeness (QED) is 0.922. The van der Waals surface area contributed by atoms with Gasteiger partial charge in [-0.3, -0.25) is 0 Å². The summed E-state index contributed by atoms with van der Waals surface area (Å²) in [6.07, 6.45) is 2.18. The molecule has 2 rings (SSSR count). The Hall–Kier alpha value is -1.68. The lowest BCUT2D eigenvalue weighted by Gasteiger charge is -2.06. The van der Waals surface area contributed by atoms with Crippen molar-refractivity contribution in [2.24, 2.45) is 0 Å². The number of hydrogen-bond donors (Lipinski definition) is 1. The topological polar surface area (TPSA) is 37.8 Å². The maximum absolute atomic E-state index is 12.9. The number of halogens is 2. The number of nitrogens with zero attached hydrogens (tertiary/aromatic N) is 2. The summed E-state index contributed by atoms with van der Waals surface area (Å²) in [4.78, 5) is 8.52. The van der Waals surface area contributed by atoms with Crippen LogP contribution in [0.1, 0.15) is 18.3 Å². The fraction of sp³-hybridized carbons (Fsp3) is 0.231. The molecule has 18 heavy (non-hydrogen) atoms. The monoisotopic (exact) mass is 265 g/mol. The number of anilines is 1. The molecule has 0 atom stereocenters. The van der Waals surface area contributed by atoms with Crippen LogP contribution >= 0.6 is 11.6 Å². The first kappa shape index (κ1) is 12.8. The van der Waals surface area contributed by atoms with Crippen molar-refractivity contribution in [3.63, 3.8) is 0 Å². The minimum Gasteiger partial charge on any atom is -0.370 e. The second kappa shape index (κ2) is 5.78. The molecule has 0 aliphatic heterocycles. The Morgan fingerprint density at radius 1 is 1.33 bits per heavy atom. The zero-order valence-electron chi connectivity index (χ0n) is 9.95.